The molecule has 0 aromatic heterocycles. The Morgan fingerprint density at radius 1 is 0.667 bits per heavy atom. The van der Waals surface area contributed by atoms with Crippen LogP contribution in [0.2, 0.25) is 0 Å². The van der Waals surface area contributed by atoms with Crippen molar-refractivity contribution in [3.63, 3.8) is 0 Å². The maximum atomic E-state index is 12.7. The summed E-state index contributed by atoms with van der Waals surface area (Å²) >= 11 is 0. The van der Waals surface area contributed by atoms with Gasteiger partial charge in [0.2, 0.25) is 0 Å². The van der Waals surface area contributed by atoms with Gasteiger partial charge >= 0.3 is 11.9 Å². The third-order valence-corrected chi connectivity index (χ3v) is 9.78. The standard InChI is InChI=1S/C46H80NO9P/c1-6-8-10-12-14-15-16-17-18-19-20-21-22-23-25-29-34-38-46(50)56-44(42-55-57(51,52)54-40-39-47(3,4)5)41-53-45(49)37-33-30-26-28-32-36-43(48)35-31-27-24-13-11-9-7-2/h9,11,14-15,17-18,20-21,24,27,31,35,43-44,48H,6-8,10,12-13,16,19,22-23,25-26,28-30,32-34,36-42H2,1-5H3/b11-9+,15-14-,18-17-,21-20-,27-24+,35-31+/t43?,44-/m1/s1. The molecular formula is C46H80NO9P. The Kier molecular flexibility index (Phi) is 36.0. The van der Waals surface area contributed by atoms with E-state index < -0.39 is 38.6 Å². The van der Waals surface area contributed by atoms with Gasteiger partial charge in [0.15, 0.2) is 6.10 Å². The molecule has 0 saturated carbocycles. The number of quaternary nitrogens is 1. The zero-order chi connectivity index (χ0) is 42.3. The second kappa shape index (κ2) is 37.7. The molecule has 0 amide bonds. The number of phosphoric ester groups is 1. The maximum absolute atomic E-state index is 12.7. The van der Waals surface area contributed by atoms with Crippen LogP contribution in [0.15, 0.2) is 72.9 Å². The van der Waals surface area contributed by atoms with Gasteiger partial charge in [0.05, 0.1) is 33.9 Å². The van der Waals surface area contributed by atoms with Gasteiger partial charge in [-0.15, -0.1) is 0 Å². The number of aliphatic hydroxyl groups is 1. The van der Waals surface area contributed by atoms with Gasteiger partial charge in [-0.2, -0.15) is 0 Å². The van der Waals surface area contributed by atoms with Gasteiger partial charge in [-0.25, -0.2) is 0 Å². The number of likely N-dealkylation sites (N-methyl/N-ethyl adjacent to an activating group) is 1. The number of aliphatic hydroxyl groups excluding tert-OH is 1. The molecule has 0 rings (SSSR count). The third kappa shape index (κ3) is 41.4. The van der Waals surface area contributed by atoms with Gasteiger partial charge in [0, 0.05) is 12.8 Å². The molecule has 1 N–H and O–H groups in total. The van der Waals surface area contributed by atoms with Crippen molar-refractivity contribution < 1.29 is 47.2 Å². The molecule has 3 atom stereocenters. The van der Waals surface area contributed by atoms with Crippen molar-refractivity contribution in [2.45, 2.75) is 161 Å². The second-order valence-electron chi connectivity index (χ2n) is 15.5. The first kappa shape index (κ1) is 54.4. The Hall–Kier alpha value is -2.59. The van der Waals surface area contributed by atoms with Crippen molar-refractivity contribution in [2.24, 2.45) is 0 Å². The van der Waals surface area contributed by atoms with E-state index in [4.69, 9.17) is 18.5 Å². The molecule has 2 unspecified atom stereocenters. The first-order valence-electron chi connectivity index (χ1n) is 21.8. The molecular weight excluding hydrogens is 741 g/mol. The fourth-order valence-electron chi connectivity index (χ4n) is 5.37. The molecule has 57 heavy (non-hydrogen) atoms. The normalized spacial score (nSPS) is 14.9. The summed E-state index contributed by atoms with van der Waals surface area (Å²) in [6, 6.07) is 0. The highest BCUT2D eigenvalue weighted by Gasteiger charge is 2.21. The van der Waals surface area contributed by atoms with Crippen LogP contribution >= 0.6 is 7.82 Å². The van der Waals surface area contributed by atoms with E-state index in [2.05, 4.69) is 68.5 Å². The number of allylic oxidation sites excluding steroid dienone is 11. The maximum Gasteiger partial charge on any atom is 0.306 e. The van der Waals surface area contributed by atoms with Gasteiger partial charge < -0.3 is 33.0 Å². The predicted octanol–water partition coefficient (Wildman–Crippen LogP) is 10.6. The number of carbonyl (C=O) groups is 2. The summed E-state index contributed by atoms with van der Waals surface area (Å²) in [6.45, 7) is 3.90. The zero-order valence-electron chi connectivity index (χ0n) is 36.4. The number of carbonyl (C=O) groups excluding carboxylic acids is 2. The van der Waals surface area contributed by atoms with Crippen LogP contribution in [0.3, 0.4) is 0 Å². The Morgan fingerprint density at radius 3 is 1.88 bits per heavy atom. The van der Waals surface area contributed by atoms with Crippen molar-refractivity contribution in [2.75, 3.05) is 47.5 Å². The highest BCUT2D eigenvalue weighted by atomic mass is 31.2. The number of unbranched alkanes of at least 4 members (excludes halogenated alkanes) is 11. The number of hydrogen-bond donors (Lipinski definition) is 1. The Labute approximate surface area is 347 Å². The molecule has 0 radical (unpaired) electrons. The smallest absolute Gasteiger partial charge is 0.306 e. The van der Waals surface area contributed by atoms with E-state index in [-0.39, 0.29) is 26.1 Å². The number of hydrogen-bond acceptors (Lipinski definition) is 9. The summed E-state index contributed by atoms with van der Waals surface area (Å²) in [4.78, 5) is 37.5. The molecule has 0 aliphatic rings. The summed E-state index contributed by atoms with van der Waals surface area (Å²) in [5.74, 6) is -0.944. The second-order valence-corrected chi connectivity index (χ2v) is 16.9. The molecule has 0 aliphatic carbocycles. The van der Waals surface area contributed by atoms with Crippen LogP contribution in [-0.4, -0.2) is 81.2 Å². The van der Waals surface area contributed by atoms with Gasteiger partial charge in [0.25, 0.3) is 7.82 Å². The molecule has 11 heteroatoms. The molecule has 0 heterocycles. The first-order valence-corrected chi connectivity index (χ1v) is 23.2. The lowest BCUT2D eigenvalue weighted by Crippen LogP contribution is -2.37. The van der Waals surface area contributed by atoms with Gasteiger partial charge in [-0.1, -0.05) is 138 Å². The molecule has 328 valence electrons. The fourth-order valence-corrected chi connectivity index (χ4v) is 6.10. The van der Waals surface area contributed by atoms with Crippen LogP contribution in [0.4, 0.5) is 0 Å². The third-order valence-electron chi connectivity index (χ3n) is 8.81. The highest BCUT2D eigenvalue weighted by molar-refractivity contribution is 7.45. The molecule has 0 bridgehead atoms. The number of esters is 2. The van der Waals surface area contributed by atoms with Crippen LogP contribution < -0.4 is 4.89 Å². The van der Waals surface area contributed by atoms with Gasteiger partial charge in [-0.05, 0) is 70.6 Å². The Bertz CT molecular complexity index is 1220. The van der Waals surface area contributed by atoms with Gasteiger partial charge in [-0.3, -0.25) is 14.2 Å². The lowest BCUT2D eigenvalue weighted by atomic mass is 10.1. The van der Waals surface area contributed by atoms with Crippen molar-refractivity contribution in [1.82, 2.24) is 0 Å². The largest absolute Gasteiger partial charge is 0.756 e. The first-order chi connectivity index (χ1) is 27.4. The van der Waals surface area contributed by atoms with Crippen molar-refractivity contribution >= 4 is 19.8 Å². The van der Waals surface area contributed by atoms with Crippen molar-refractivity contribution in [3.05, 3.63) is 72.9 Å². The summed E-state index contributed by atoms with van der Waals surface area (Å²) in [6.07, 6.45) is 42.3. The quantitative estimate of drug-likeness (QED) is 0.0161. The minimum atomic E-state index is -4.66. The highest BCUT2D eigenvalue weighted by Crippen LogP contribution is 2.38. The SMILES string of the molecule is CC/C=C/C/C=C/C=C/C(O)CCCCCCCC(=O)OC[C@H](COP(=O)([O-])OCC[N+](C)(C)C)OC(=O)CCCCCC/C=C\C/C=C\C/C=C\CCCCC. The molecule has 0 aromatic rings. The van der Waals surface area contributed by atoms with E-state index in [1.165, 1.54) is 25.7 Å². The fraction of sp³-hybridized carbons (Fsp3) is 0.696. The number of rotatable bonds is 38. The Morgan fingerprint density at radius 2 is 1.23 bits per heavy atom. The van der Waals surface area contributed by atoms with E-state index in [1.807, 2.05) is 33.3 Å². The summed E-state index contributed by atoms with van der Waals surface area (Å²) in [5, 5.41) is 10.1. The molecule has 0 aliphatic heterocycles. The van der Waals surface area contributed by atoms with E-state index in [9.17, 15) is 24.2 Å². The molecule has 0 spiro atoms. The van der Waals surface area contributed by atoms with E-state index in [1.54, 1.807) is 6.08 Å². The molecule has 0 aromatic carbocycles. The Balaban J connectivity index is 4.51. The average molecular weight is 822 g/mol. The lowest BCUT2D eigenvalue weighted by molar-refractivity contribution is -0.870. The number of ether oxygens (including phenoxy) is 2. The predicted molar refractivity (Wildman–Crippen MR) is 232 cm³/mol. The van der Waals surface area contributed by atoms with E-state index in [0.29, 0.717) is 30.3 Å². The van der Waals surface area contributed by atoms with Crippen LogP contribution in [-0.2, 0) is 32.7 Å². The lowest BCUT2D eigenvalue weighted by Gasteiger charge is -2.28. The van der Waals surface area contributed by atoms with Crippen LogP contribution in [0.25, 0.3) is 0 Å². The topological polar surface area (TPSA) is 131 Å². The van der Waals surface area contributed by atoms with E-state index in [0.717, 1.165) is 77.0 Å². The monoisotopic (exact) mass is 822 g/mol. The summed E-state index contributed by atoms with van der Waals surface area (Å²) in [7, 11) is 1.08. The molecule has 10 nitrogen and oxygen atoms in total. The van der Waals surface area contributed by atoms with Crippen molar-refractivity contribution in [1.29, 1.82) is 0 Å². The van der Waals surface area contributed by atoms with E-state index >= 15 is 0 Å². The number of nitrogens with zero attached hydrogens (tertiary/aromatic N) is 1. The average Bonchev–Trinajstić information content (AvgIpc) is 3.15. The van der Waals surface area contributed by atoms with Crippen LogP contribution in [0, 0.1) is 0 Å². The van der Waals surface area contributed by atoms with Crippen LogP contribution in [0.5, 0.6) is 0 Å². The van der Waals surface area contributed by atoms with Crippen LogP contribution in [0.1, 0.15) is 149 Å². The number of phosphoric acid groups is 1. The summed E-state index contributed by atoms with van der Waals surface area (Å²) < 4.78 is 33.8. The molecule has 0 fully saturated rings. The summed E-state index contributed by atoms with van der Waals surface area (Å²) in [5.41, 5.74) is 0. The molecule has 0 saturated heterocycles. The zero-order valence-corrected chi connectivity index (χ0v) is 37.3. The van der Waals surface area contributed by atoms with Gasteiger partial charge in [0.1, 0.15) is 19.8 Å². The minimum Gasteiger partial charge on any atom is -0.756 e. The van der Waals surface area contributed by atoms with Crippen molar-refractivity contribution in [3.8, 4) is 0 Å². The minimum absolute atomic E-state index is 0.0552.